The van der Waals surface area contributed by atoms with Crippen LogP contribution in [-0.4, -0.2) is 39.6 Å². The Hall–Kier alpha value is -1.26. The number of carboxylic acids is 1. The van der Waals surface area contributed by atoms with Gasteiger partial charge in [0.1, 0.15) is 0 Å². The largest absolute Gasteiger partial charge is 0.481 e. The summed E-state index contributed by atoms with van der Waals surface area (Å²) in [6.45, 7) is 4.89. The topological polar surface area (TPSA) is 69.6 Å². The summed E-state index contributed by atoms with van der Waals surface area (Å²) in [5.74, 6) is -0.837. The minimum atomic E-state index is -0.837. The van der Waals surface area contributed by atoms with Crippen LogP contribution in [-0.2, 0) is 4.79 Å². The number of rotatable bonds is 3. The number of likely N-dealkylation sites (tertiary alicyclic amines) is 1. The van der Waals surface area contributed by atoms with Crippen LogP contribution in [0, 0.1) is 0 Å². The van der Waals surface area contributed by atoms with Crippen molar-refractivity contribution in [3.05, 3.63) is 0 Å². The molecule has 0 atom stereocenters. The first-order chi connectivity index (χ1) is 8.35. The van der Waals surface area contributed by atoms with Crippen molar-refractivity contribution in [1.82, 2.24) is 10.2 Å². The fourth-order valence-electron chi connectivity index (χ4n) is 3.02. The molecule has 1 heterocycles. The summed E-state index contributed by atoms with van der Waals surface area (Å²) in [5.41, 5.74) is -0.611. The van der Waals surface area contributed by atoms with E-state index in [-0.39, 0.29) is 18.0 Å². The van der Waals surface area contributed by atoms with Crippen LogP contribution < -0.4 is 5.32 Å². The number of carbonyl (C=O) groups is 2. The van der Waals surface area contributed by atoms with Gasteiger partial charge in [-0.3, -0.25) is 4.79 Å². The predicted octanol–water partition coefficient (Wildman–Crippen LogP) is 1.97. The quantitative estimate of drug-likeness (QED) is 0.809. The maximum Gasteiger partial charge on any atom is 0.318 e. The zero-order valence-electron chi connectivity index (χ0n) is 11.2. The second kappa shape index (κ2) is 4.44. The molecule has 2 rings (SSSR count). The van der Waals surface area contributed by atoms with Gasteiger partial charge in [0.05, 0.1) is 12.0 Å². The molecule has 0 bridgehead atoms. The summed E-state index contributed by atoms with van der Waals surface area (Å²) in [6, 6.07) is -0.0987. The van der Waals surface area contributed by atoms with Crippen LogP contribution in [0.5, 0.6) is 0 Å². The molecule has 1 saturated heterocycles. The molecule has 0 aromatic carbocycles. The highest BCUT2D eigenvalue weighted by Gasteiger charge is 2.43. The SMILES string of the molecule is CC1(C)CCCN1C(=O)NC1(CC(=O)O)CCC1. The Kier molecular flexibility index (Phi) is 3.25. The Morgan fingerprint density at radius 1 is 1.22 bits per heavy atom. The third-order valence-electron chi connectivity index (χ3n) is 4.32. The zero-order valence-corrected chi connectivity index (χ0v) is 11.2. The number of carboxylic acid groups (broad SMARTS) is 1. The molecule has 1 aliphatic carbocycles. The van der Waals surface area contributed by atoms with Crippen molar-refractivity contribution in [2.24, 2.45) is 0 Å². The van der Waals surface area contributed by atoms with Crippen LogP contribution in [0.25, 0.3) is 0 Å². The van der Waals surface area contributed by atoms with Crippen LogP contribution in [0.4, 0.5) is 4.79 Å². The van der Waals surface area contributed by atoms with Gasteiger partial charge in [0.2, 0.25) is 0 Å². The van der Waals surface area contributed by atoms with E-state index in [2.05, 4.69) is 19.2 Å². The maximum atomic E-state index is 12.3. The first-order valence-corrected chi connectivity index (χ1v) is 6.66. The number of carbonyl (C=O) groups excluding carboxylic acids is 1. The van der Waals surface area contributed by atoms with Crippen molar-refractivity contribution in [3.63, 3.8) is 0 Å². The molecule has 2 amide bonds. The van der Waals surface area contributed by atoms with Gasteiger partial charge in [-0.05, 0) is 46.0 Å². The molecule has 102 valence electrons. The number of aliphatic carboxylic acids is 1. The molecule has 0 unspecified atom stereocenters. The number of amides is 2. The van der Waals surface area contributed by atoms with Crippen molar-refractivity contribution >= 4 is 12.0 Å². The lowest BCUT2D eigenvalue weighted by Gasteiger charge is -2.44. The van der Waals surface area contributed by atoms with Crippen molar-refractivity contribution in [2.45, 2.75) is 63.5 Å². The highest BCUT2D eigenvalue weighted by molar-refractivity contribution is 5.78. The summed E-state index contributed by atoms with van der Waals surface area (Å²) >= 11 is 0. The molecule has 1 saturated carbocycles. The summed E-state index contributed by atoms with van der Waals surface area (Å²) in [6.07, 6.45) is 4.61. The minimum absolute atomic E-state index is 0.0347. The summed E-state index contributed by atoms with van der Waals surface area (Å²) in [4.78, 5) is 25.0. The highest BCUT2D eigenvalue weighted by Crippen LogP contribution is 2.36. The molecule has 18 heavy (non-hydrogen) atoms. The van der Waals surface area contributed by atoms with Crippen molar-refractivity contribution in [3.8, 4) is 0 Å². The molecule has 1 aliphatic heterocycles. The molecule has 0 aromatic rings. The molecule has 2 N–H and O–H groups in total. The monoisotopic (exact) mass is 254 g/mol. The van der Waals surface area contributed by atoms with Gasteiger partial charge in [-0.1, -0.05) is 0 Å². The summed E-state index contributed by atoms with van der Waals surface area (Å²) in [5, 5.41) is 11.9. The van der Waals surface area contributed by atoms with Crippen LogP contribution in [0.2, 0.25) is 0 Å². The Balaban J connectivity index is 2.00. The van der Waals surface area contributed by atoms with Crippen LogP contribution in [0.15, 0.2) is 0 Å². The Morgan fingerprint density at radius 2 is 1.89 bits per heavy atom. The van der Waals surface area contributed by atoms with E-state index < -0.39 is 11.5 Å². The molecule has 0 spiro atoms. The molecule has 2 fully saturated rings. The van der Waals surface area contributed by atoms with Crippen molar-refractivity contribution < 1.29 is 14.7 Å². The average Bonchev–Trinajstić information content (AvgIpc) is 2.54. The van der Waals surface area contributed by atoms with Gasteiger partial charge in [-0.15, -0.1) is 0 Å². The fraction of sp³-hybridized carbons (Fsp3) is 0.846. The molecule has 5 nitrogen and oxygen atoms in total. The third-order valence-corrected chi connectivity index (χ3v) is 4.32. The third kappa shape index (κ3) is 2.44. The zero-order chi connectivity index (χ0) is 13.4. The van der Waals surface area contributed by atoms with Gasteiger partial charge in [0, 0.05) is 12.1 Å². The van der Waals surface area contributed by atoms with Crippen LogP contribution >= 0.6 is 0 Å². The van der Waals surface area contributed by atoms with E-state index in [1.165, 1.54) is 0 Å². The van der Waals surface area contributed by atoms with E-state index in [0.717, 1.165) is 38.6 Å². The number of urea groups is 1. The van der Waals surface area contributed by atoms with E-state index in [1.54, 1.807) is 0 Å². The maximum absolute atomic E-state index is 12.3. The van der Waals surface area contributed by atoms with Crippen LogP contribution in [0.3, 0.4) is 0 Å². The summed E-state index contributed by atoms with van der Waals surface area (Å²) < 4.78 is 0. The van der Waals surface area contributed by atoms with Crippen molar-refractivity contribution in [2.75, 3.05) is 6.54 Å². The highest BCUT2D eigenvalue weighted by atomic mass is 16.4. The number of hydrogen-bond acceptors (Lipinski definition) is 2. The second-order valence-electron chi connectivity index (χ2n) is 6.20. The van der Waals surface area contributed by atoms with Gasteiger partial charge >= 0.3 is 12.0 Å². The molecule has 5 heteroatoms. The van der Waals surface area contributed by atoms with Crippen molar-refractivity contribution in [1.29, 1.82) is 0 Å². The smallest absolute Gasteiger partial charge is 0.318 e. The second-order valence-corrected chi connectivity index (χ2v) is 6.20. The van der Waals surface area contributed by atoms with Gasteiger partial charge in [0.25, 0.3) is 0 Å². The van der Waals surface area contributed by atoms with E-state index in [1.807, 2.05) is 4.90 Å². The lowest BCUT2D eigenvalue weighted by atomic mass is 9.74. The number of hydrogen-bond donors (Lipinski definition) is 2. The van der Waals surface area contributed by atoms with E-state index in [9.17, 15) is 9.59 Å². The van der Waals surface area contributed by atoms with Crippen LogP contribution in [0.1, 0.15) is 52.4 Å². The lowest BCUT2D eigenvalue weighted by Crippen LogP contribution is -2.60. The molecule has 0 radical (unpaired) electrons. The number of nitrogens with zero attached hydrogens (tertiary/aromatic N) is 1. The lowest BCUT2D eigenvalue weighted by molar-refractivity contribution is -0.139. The molecule has 0 aromatic heterocycles. The minimum Gasteiger partial charge on any atom is -0.481 e. The average molecular weight is 254 g/mol. The first kappa shape index (κ1) is 13.2. The summed E-state index contributed by atoms with van der Waals surface area (Å²) in [7, 11) is 0. The Labute approximate surface area is 108 Å². The first-order valence-electron chi connectivity index (χ1n) is 6.66. The normalized spacial score (nSPS) is 24.4. The van der Waals surface area contributed by atoms with E-state index >= 15 is 0 Å². The van der Waals surface area contributed by atoms with E-state index in [4.69, 9.17) is 5.11 Å². The molecule has 2 aliphatic rings. The van der Waals surface area contributed by atoms with Gasteiger partial charge in [-0.2, -0.15) is 0 Å². The molecular formula is C13H22N2O3. The van der Waals surface area contributed by atoms with Gasteiger partial charge in [0.15, 0.2) is 0 Å². The number of nitrogens with one attached hydrogen (secondary N) is 1. The Morgan fingerprint density at radius 3 is 2.28 bits per heavy atom. The van der Waals surface area contributed by atoms with E-state index in [0.29, 0.717) is 0 Å². The standard InChI is InChI=1S/C13H22N2O3/c1-12(2)5-4-8-15(12)11(18)14-13(6-3-7-13)9-10(16)17/h3-9H2,1-2H3,(H,14,18)(H,16,17). The van der Waals surface area contributed by atoms with Gasteiger partial charge in [-0.25, -0.2) is 4.79 Å². The fourth-order valence-corrected chi connectivity index (χ4v) is 3.02. The van der Waals surface area contributed by atoms with Gasteiger partial charge < -0.3 is 15.3 Å². The Bertz CT molecular complexity index is 361. The predicted molar refractivity (Wildman–Crippen MR) is 67.4 cm³/mol. The molecular weight excluding hydrogens is 232 g/mol.